The van der Waals surface area contributed by atoms with Gasteiger partial charge in [-0.05, 0) is 50.7 Å². The highest BCUT2D eigenvalue weighted by atomic mass is 19.4. The van der Waals surface area contributed by atoms with Gasteiger partial charge in [0.2, 0.25) is 5.91 Å². The molecule has 0 N–H and O–H groups in total. The number of amides is 1. The van der Waals surface area contributed by atoms with Crippen LogP contribution >= 0.6 is 0 Å². The van der Waals surface area contributed by atoms with E-state index in [1.54, 1.807) is 13.8 Å². The number of fused-ring (bicyclic) bond motifs is 1. The van der Waals surface area contributed by atoms with Crippen LogP contribution in [0, 0.1) is 13.8 Å². The predicted molar refractivity (Wildman–Crippen MR) is 108 cm³/mol. The maximum absolute atomic E-state index is 13.0. The Morgan fingerprint density at radius 3 is 2.61 bits per heavy atom. The molecule has 3 aromatic rings. The van der Waals surface area contributed by atoms with Gasteiger partial charge in [0.05, 0.1) is 0 Å². The Hall–Kier alpha value is -2.97. The summed E-state index contributed by atoms with van der Waals surface area (Å²) in [5, 5.41) is 3.57. The van der Waals surface area contributed by atoms with Crippen LogP contribution in [-0.2, 0) is 23.8 Å². The molecule has 0 radical (unpaired) electrons. The Kier molecular flexibility index (Phi) is 5.68. The van der Waals surface area contributed by atoms with E-state index in [2.05, 4.69) is 27.2 Å². The first-order chi connectivity index (χ1) is 14.7. The number of aromatic nitrogens is 4. The average molecular weight is 431 g/mol. The molecule has 1 amide bonds. The minimum atomic E-state index is -4.63. The van der Waals surface area contributed by atoms with Gasteiger partial charge < -0.3 is 4.90 Å². The molecule has 0 aliphatic carbocycles. The molecule has 9 heteroatoms. The minimum absolute atomic E-state index is 0.0619. The molecule has 3 heterocycles. The van der Waals surface area contributed by atoms with E-state index < -0.39 is 12.0 Å². The first-order valence-corrected chi connectivity index (χ1v) is 10.4. The Balaban J connectivity index is 1.48. The van der Waals surface area contributed by atoms with Gasteiger partial charge in [-0.2, -0.15) is 18.2 Å². The maximum Gasteiger partial charge on any atom is 0.453 e. The molecule has 0 bridgehead atoms. The van der Waals surface area contributed by atoms with E-state index in [-0.39, 0.29) is 24.1 Å². The van der Waals surface area contributed by atoms with Crippen LogP contribution in [-0.4, -0.2) is 43.0 Å². The summed E-state index contributed by atoms with van der Waals surface area (Å²) in [4.78, 5) is 22.6. The van der Waals surface area contributed by atoms with Crippen molar-refractivity contribution in [2.24, 2.45) is 0 Å². The van der Waals surface area contributed by atoms with Gasteiger partial charge in [0.1, 0.15) is 0 Å². The van der Waals surface area contributed by atoms with Gasteiger partial charge in [-0.15, -0.1) is 5.10 Å². The largest absolute Gasteiger partial charge is 0.453 e. The molecule has 2 aromatic heterocycles. The van der Waals surface area contributed by atoms with Gasteiger partial charge in [-0.1, -0.05) is 30.3 Å². The number of rotatable bonds is 5. The zero-order chi connectivity index (χ0) is 22.2. The summed E-state index contributed by atoms with van der Waals surface area (Å²) in [5.74, 6) is -1.23. The van der Waals surface area contributed by atoms with Crippen molar-refractivity contribution < 1.29 is 18.0 Å². The topological polar surface area (TPSA) is 63.4 Å². The van der Waals surface area contributed by atoms with Crippen molar-refractivity contribution >= 4 is 11.7 Å². The number of hydrogen-bond acceptors (Lipinski definition) is 4. The van der Waals surface area contributed by atoms with E-state index in [1.165, 1.54) is 5.56 Å². The van der Waals surface area contributed by atoms with Gasteiger partial charge in [0, 0.05) is 30.4 Å². The van der Waals surface area contributed by atoms with Crippen LogP contribution < -0.4 is 0 Å². The molecule has 4 rings (SSSR count). The lowest BCUT2D eigenvalue weighted by Crippen LogP contribution is -2.37. The Labute approximate surface area is 178 Å². The predicted octanol–water partition coefficient (Wildman–Crippen LogP) is 3.93. The van der Waals surface area contributed by atoms with Gasteiger partial charge in [-0.3, -0.25) is 4.79 Å². The monoisotopic (exact) mass is 431 g/mol. The van der Waals surface area contributed by atoms with Gasteiger partial charge >= 0.3 is 6.18 Å². The first kappa shape index (κ1) is 21.3. The van der Waals surface area contributed by atoms with Crippen LogP contribution in [0.1, 0.15) is 47.6 Å². The van der Waals surface area contributed by atoms with Crippen LogP contribution in [0.15, 0.2) is 30.3 Å². The van der Waals surface area contributed by atoms with Crippen LogP contribution in [0.25, 0.3) is 5.78 Å². The first-order valence-electron chi connectivity index (χ1n) is 10.4. The third-order valence-electron chi connectivity index (χ3n) is 5.90. The van der Waals surface area contributed by atoms with Gasteiger partial charge in [-0.25, -0.2) is 9.50 Å². The lowest BCUT2D eigenvalue weighted by Gasteiger charge is -2.25. The number of benzene rings is 1. The third kappa shape index (κ3) is 4.40. The number of nitrogens with zero attached hydrogens (tertiary/aromatic N) is 5. The molecule has 1 aromatic carbocycles. The fraction of sp³-hybridized carbons (Fsp3) is 0.455. The smallest absolute Gasteiger partial charge is 0.339 e. The number of carbonyl (C=O) groups excluding carboxylic acids is 1. The molecule has 164 valence electrons. The lowest BCUT2D eigenvalue weighted by atomic mass is 10.0. The van der Waals surface area contributed by atoms with E-state index in [4.69, 9.17) is 0 Å². The summed E-state index contributed by atoms with van der Waals surface area (Å²) in [7, 11) is 0. The highest BCUT2D eigenvalue weighted by molar-refractivity contribution is 5.77. The van der Waals surface area contributed by atoms with Crippen molar-refractivity contribution in [2.75, 3.05) is 6.54 Å². The van der Waals surface area contributed by atoms with E-state index in [9.17, 15) is 18.0 Å². The molecule has 0 saturated carbocycles. The Morgan fingerprint density at radius 2 is 1.90 bits per heavy atom. The summed E-state index contributed by atoms with van der Waals surface area (Å²) >= 11 is 0. The van der Waals surface area contributed by atoms with Crippen molar-refractivity contribution in [1.82, 2.24) is 24.5 Å². The number of carbonyl (C=O) groups is 1. The number of hydrogen-bond donors (Lipinski definition) is 0. The Bertz CT molecular complexity index is 1090. The zero-order valence-corrected chi connectivity index (χ0v) is 17.5. The number of aryl methyl sites for hydroxylation is 2. The summed E-state index contributed by atoms with van der Waals surface area (Å²) in [6, 6.07) is 10.3. The summed E-state index contributed by atoms with van der Waals surface area (Å²) in [6.07, 6.45) is -1.17. The van der Waals surface area contributed by atoms with Crippen LogP contribution in [0.5, 0.6) is 0 Å². The van der Waals surface area contributed by atoms with Crippen molar-refractivity contribution in [3.63, 3.8) is 0 Å². The molecular formula is C22H24F3N5O. The van der Waals surface area contributed by atoms with Crippen molar-refractivity contribution in [3.05, 3.63) is 58.7 Å². The number of likely N-dealkylation sites (tertiary alicyclic amines) is 1. The molecule has 1 unspecified atom stereocenters. The zero-order valence-electron chi connectivity index (χ0n) is 17.5. The average Bonchev–Trinajstić information content (AvgIpc) is 3.35. The van der Waals surface area contributed by atoms with Crippen LogP contribution in [0.4, 0.5) is 13.2 Å². The molecule has 31 heavy (non-hydrogen) atoms. The number of alkyl halides is 3. The fourth-order valence-corrected chi connectivity index (χ4v) is 4.33. The number of halogens is 3. The Morgan fingerprint density at radius 1 is 1.16 bits per heavy atom. The third-order valence-corrected chi connectivity index (χ3v) is 5.90. The normalized spacial score (nSPS) is 16.9. The molecule has 1 fully saturated rings. The quantitative estimate of drug-likeness (QED) is 0.614. The molecule has 6 nitrogen and oxygen atoms in total. The van der Waals surface area contributed by atoms with Crippen molar-refractivity contribution in [2.45, 2.75) is 58.2 Å². The second kappa shape index (κ2) is 8.28. The fourth-order valence-electron chi connectivity index (χ4n) is 4.33. The van der Waals surface area contributed by atoms with Crippen molar-refractivity contribution in [3.8, 4) is 0 Å². The van der Waals surface area contributed by atoms with E-state index >= 15 is 0 Å². The van der Waals surface area contributed by atoms with Crippen LogP contribution in [0.3, 0.4) is 0 Å². The molecule has 1 saturated heterocycles. The maximum atomic E-state index is 13.0. The standard InChI is InChI=1S/C22H24F3N5O/c1-14-18(15(2)30-21(26-14)27-20(28-30)22(23,24)25)10-11-19(31)29-12-6-9-17(29)13-16-7-4-3-5-8-16/h3-5,7-8,17H,6,9-13H2,1-2H3. The lowest BCUT2D eigenvalue weighted by molar-refractivity contribution is -0.144. The van der Waals surface area contributed by atoms with Gasteiger partial charge in [0.15, 0.2) is 0 Å². The molecular weight excluding hydrogens is 407 g/mol. The van der Waals surface area contributed by atoms with E-state index in [0.717, 1.165) is 35.9 Å². The summed E-state index contributed by atoms with van der Waals surface area (Å²) < 4.78 is 40.0. The SMILES string of the molecule is Cc1nc2nc(C(F)(F)F)nn2c(C)c1CCC(=O)N1CCCC1Cc1ccccc1. The molecule has 1 aliphatic heterocycles. The highest BCUT2D eigenvalue weighted by Crippen LogP contribution is 2.27. The van der Waals surface area contributed by atoms with Crippen LogP contribution in [0.2, 0.25) is 0 Å². The molecule has 0 spiro atoms. The summed E-state index contributed by atoms with van der Waals surface area (Å²) in [5.41, 5.74) is 3.04. The minimum Gasteiger partial charge on any atom is -0.339 e. The second-order valence-corrected chi connectivity index (χ2v) is 7.98. The van der Waals surface area contributed by atoms with Gasteiger partial charge in [0.25, 0.3) is 11.6 Å². The highest BCUT2D eigenvalue weighted by Gasteiger charge is 2.37. The van der Waals surface area contributed by atoms with E-state index in [1.807, 2.05) is 23.1 Å². The summed E-state index contributed by atoms with van der Waals surface area (Å²) in [6.45, 7) is 4.15. The molecule has 1 atom stereocenters. The van der Waals surface area contributed by atoms with Crippen molar-refractivity contribution in [1.29, 1.82) is 0 Å². The second-order valence-electron chi connectivity index (χ2n) is 7.98. The van der Waals surface area contributed by atoms with E-state index in [0.29, 0.717) is 17.8 Å². The molecule has 1 aliphatic rings.